The van der Waals surface area contributed by atoms with Crippen LogP contribution in [0.15, 0.2) is 0 Å². The Bertz CT molecular complexity index is 792. The van der Waals surface area contributed by atoms with E-state index in [1.165, 1.54) is 0 Å². The highest BCUT2D eigenvalue weighted by molar-refractivity contribution is 9.62. The molecular formula is S18-2. The third-order valence-electron chi connectivity index (χ3n) is 1.08. The van der Waals surface area contributed by atoms with Crippen LogP contribution in [0, 0.1) is 0 Å². The highest BCUT2D eigenvalue weighted by Gasteiger charge is 2.21. The van der Waals surface area contributed by atoms with E-state index in [-0.39, 0.29) is 0 Å². The maximum atomic E-state index is 5.39. The standard InChI is InChI=1S/S18/c1-13(2)15(5,6)17(9,10)18(11,12)16(7,8)14(3)4/q-2. The van der Waals surface area contributed by atoms with Crippen LogP contribution in [0.4, 0.5) is 0 Å². The minimum atomic E-state index is -2.64. The van der Waals surface area contributed by atoms with Gasteiger partial charge in [-0.1, -0.05) is 55.2 Å². The quantitative estimate of drug-likeness (QED) is 0.318. The van der Waals surface area contributed by atoms with Gasteiger partial charge in [-0.2, -0.15) is 0 Å². The molecule has 18 heavy (non-hydrogen) atoms. The molecule has 0 spiro atoms. The molecule has 0 aliphatic rings. The SMILES string of the molecule is S=[S-](=S)S(=S)(=S)S(=S)(=S)S(=S)(=S)S(=S)(=S)[S-](=S)=S. The van der Waals surface area contributed by atoms with Gasteiger partial charge < -0.3 is 0 Å². The average Bonchev–Trinajstić information content (AvgIpc) is 2.15. The Balaban J connectivity index is 6.90. The first-order valence-corrected chi connectivity index (χ1v) is 25.5. The molecule has 0 aliphatic carbocycles. The molecule has 0 aromatic rings. The van der Waals surface area contributed by atoms with Gasteiger partial charge in [-0.25, -0.2) is 44.8 Å². The third-order valence-corrected chi connectivity index (χ3v) is 87.7. The van der Waals surface area contributed by atoms with Crippen molar-refractivity contribution in [1.82, 2.24) is 0 Å². The van der Waals surface area contributed by atoms with Crippen molar-refractivity contribution in [2.75, 3.05) is 0 Å². The lowest BCUT2D eigenvalue weighted by Gasteiger charge is -2.31. The van der Waals surface area contributed by atoms with Gasteiger partial charge >= 0.3 is 0 Å². The Kier molecular flexibility index (Phi) is 9.79. The molecular weight excluding hydrogens is 577 g/mol. The highest BCUT2D eigenvalue weighted by atomic mass is 34.3. The molecule has 0 amide bonds. The molecule has 0 aromatic carbocycles. The van der Waals surface area contributed by atoms with Crippen LogP contribution in [0.5, 0.6) is 0 Å². The van der Waals surface area contributed by atoms with E-state index in [1.807, 2.05) is 0 Å². The summed E-state index contributed by atoms with van der Waals surface area (Å²) in [5.74, 6) is 0. The van der Waals surface area contributed by atoms with E-state index in [2.05, 4.69) is 0 Å². The minimum absolute atomic E-state index is 1.14. The van der Waals surface area contributed by atoms with Crippen LogP contribution in [-0.2, 0) is 169 Å². The van der Waals surface area contributed by atoms with E-state index in [1.54, 1.807) is 0 Å². The van der Waals surface area contributed by atoms with Gasteiger partial charge in [0.1, 0.15) is 0 Å². The lowest BCUT2D eigenvalue weighted by atomic mass is 29.8. The molecule has 0 nitrogen and oxygen atoms in total. The second-order valence-electron chi connectivity index (χ2n) is 2.04. The summed E-state index contributed by atoms with van der Waals surface area (Å²) >= 11 is 62.6. The summed E-state index contributed by atoms with van der Waals surface area (Å²) in [5, 5.41) is -10.3. The van der Waals surface area contributed by atoms with Crippen LogP contribution in [-0.4, -0.2) is 0 Å². The van der Waals surface area contributed by atoms with Crippen molar-refractivity contribution in [2.45, 2.75) is 0 Å². The van der Waals surface area contributed by atoms with Gasteiger partial charge in [0.2, 0.25) is 0 Å². The summed E-state index contributed by atoms with van der Waals surface area (Å²) in [6.45, 7) is 0. The summed E-state index contributed by atoms with van der Waals surface area (Å²) in [6, 6.07) is 0. The Morgan fingerprint density at radius 1 is 0.444 bits per heavy atom. The Morgan fingerprint density at radius 3 is 0.722 bits per heavy atom. The molecule has 0 radical (unpaired) electrons. The van der Waals surface area contributed by atoms with E-state index < -0.39 is 34.9 Å². The zero-order valence-electron chi connectivity index (χ0n) is 7.35. The normalized spacial score (nSPS) is 15.0. The number of hydrogen-bond donors (Lipinski definition) is 0. The lowest BCUT2D eigenvalue weighted by molar-refractivity contribution is 5.12. The number of rotatable bonds is 5. The van der Waals surface area contributed by atoms with Crippen molar-refractivity contribution in [2.24, 2.45) is 0 Å². The van der Waals surface area contributed by atoms with Crippen LogP contribution in [0.1, 0.15) is 0 Å². The molecule has 0 N–H and O–H groups in total. The van der Waals surface area contributed by atoms with E-state index in [9.17, 15) is 0 Å². The second-order valence-corrected chi connectivity index (χ2v) is 55.1. The molecule has 0 bridgehead atoms. The molecule has 18 heteroatoms. The van der Waals surface area contributed by atoms with E-state index in [0.29, 0.717) is 0 Å². The summed E-state index contributed by atoms with van der Waals surface area (Å²) in [5.41, 5.74) is 0. The minimum Gasteiger partial charge on any atom is -0.271 e. The van der Waals surface area contributed by atoms with Gasteiger partial charge in [-0.05, 0) is 44.8 Å². The van der Waals surface area contributed by atoms with Crippen LogP contribution >= 0.6 is 0 Å². The van der Waals surface area contributed by atoms with Crippen LogP contribution in [0.3, 0.4) is 0 Å². The first-order chi connectivity index (χ1) is 7.64. The average molecular weight is 577 g/mol. The molecule has 0 saturated heterocycles. The van der Waals surface area contributed by atoms with Crippen molar-refractivity contribution in [1.29, 1.82) is 0 Å². The lowest BCUT2D eigenvalue weighted by Crippen LogP contribution is -2.25. The Hall–Kier alpha value is 4.74. The maximum Gasteiger partial charge on any atom is 0.0165 e. The van der Waals surface area contributed by atoms with Gasteiger partial charge in [0.15, 0.2) is 0 Å². The van der Waals surface area contributed by atoms with E-state index >= 15 is 0 Å². The Labute approximate surface area is 165 Å². The summed E-state index contributed by atoms with van der Waals surface area (Å²) < 4.78 is 0. The summed E-state index contributed by atoms with van der Waals surface area (Å²) in [6.07, 6.45) is 0. The van der Waals surface area contributed by atoms with Gasteiger partial charge in [0.25, 0.3) is 0 Å². The fourth-order valence-electron chi connectivity index (χ4n) is 0.340. The fourth-order valence-corrected chi connectivity index (χ4v) is 82.7. The molecule has 0 rings (SSSR count). The first-order valence-electron chi connectivity index (χ1n) is 2.83. The molecule has 0 heterocycles. The van der Waals surface area contributed by atoms with Gasteiger partial charge in [0, 0.05) is 10.4 Å². The van der Waals surface area contributed by atoms with Crippen molar-refractivity contribution in [3.05, 3.63) is 0 Å². The van der Waals surface area contributed by atoms with Gasteiger partial charge in [0.05, 0.1) is 0 Å². The fraction of sp³-hybridized carbons (Fsp3) is 0. The van der Waals surface area contributed by atoms with E-state index in [0.717, 1.165) is 0 Å². The Morgan fingerprint density at radius 2 is 0.611 bits per heavy atom. The van der Waals surface area contributed by atoms with Crippen molar-refractivity contribution >= 4 is 169 Å². The van der Waals surface area contributed by atoms with Gasteiger partial charge in [-0.3, -0.25) is 14.1 Å². The number of hydrogen-bond acceptors (Lipinski definition) is 14. The molecule has 0 fully saturated rings. The summed E-state index contributed by atoms with van der Waals surface area (Å²) in [7, 11) is -2.28. The zero-order chi connectivity index (χ0) is 15.2. The molecule has 0 unspecified atom stereocenters. The van der Waals surface area contributed by atoms with Crippen LogP contribution in [0.25, 0.3) is 0 Å². The first kappa shape index (κ1) is 22.7. The van der Waals surface area contributed by atoms with Crippen molar-refractivity contribution in [3.63, 3.8) is 0 Å². The van der Waals surface area contributed by atoms with Crippen molar-refractivity contribution < 1.29 is 0 Å². The van der Waals surface area contributed by atoms with Crippen LogP contribution in [0.2, 0.25) is 0 Å². The van der Waals surface area contributed by atoms with Crippen LogP contribution < -0.4 is 0 Å². The monoisotopic (exact) mass is 575 g/mol. The topological polar surface area (TPSA) is 0 Å². The van der Waals surface area contributed by atoms with E-state index in [4.69, 9.17) is 134 Å². The van der Waals surface area contributed by atoms with Crippen molar-refractivity contribution in [3.8, 4) is 0 Å². The molecule has 0 saturated carbocycles. The predicted octanol–water partition coefficient (Wildman–Crippen LogP) is -0.0432. The molecule has 0 aliphatic heterocycles. The highest BCUT2D eigenvalue weighted by Crippen LogP contribution is 2.25. The third kappa shape index (κ3) is 4.22. The zero-order valence-corrected chi connectivity index (χ0v) is 22.0. The largest absolute Gasteiger partial charge is 0.271 e. The smallest absolute Gasteiger partial charge is 0.0165 e. The summed E-state index contributed by atoms with van der Waals surface area (Å²) in [4.78, 5) is 0. The van der Waals surface area contributed by atoms with Gasteiger partial charge in [-0.15, -0.1) is 0 Å². The molecule has 0 atom stereocenters. The second kappa shape index (κ2) is 7.75. The predicted molar refractivity (Wildman–Crippen MR) is 133 cm³/mol. The molecule has 0 aromatic heterocycles. The maximum absolute atomic E-state index is 5.39. The molecule has 110 valence electrons.